The summed E-state index contributed by atoms with van der Waals surface area (Å²) in [4.78, 5) is 8.95. The molecule has 0 fully saturated rings. The Balaban J connectivity index is 0.00000484. The molecule has 0 radical (unpaired) electrons. The number of halogens is 1. The first-order chi connectivity index (χ1) is 10.7. The second kappa shape index (κ2) is 13.6. The normalized spacial score (nSPS) is 11.4. The van der Waals surface area contributed by atoms with Crippen molar-refractivity contribution in [3.63, 3.8) is 0 Å². The van der Waals surface area contributed by atoms with Crippen LogP contribution in [0.15, 0.2) is 9.52 Å². The molecule has 2 N–H and O–H groups in total. The van der Waals surface area contributed by atoms with E-state index in [9.17, 15) is 0 Å². The van der Waals surface area contributed by atoms with E-state index in [1.807, 2.05) is 0 Å². The number of aliphatic imine (C=N–C) groups is 1. The molecule has 0 aliphatic rings. The van der Waals surface area contributed by atoms with Gasteiger partial charge >= 0.3 is 0 Å². The van der Waals surface area contributed by atoms with Crippen LogP contribution in [-0.2, 0) is 6.42 Å². The van der Waals surface area contributed by atoms with Crippen LogP contribution >= 0.6 is 24.0 Å². The molecule has 23 heavy (non-hydrogen) atoms. The first-order valence-corrected chi connectivity index (χ1v) is 8.52. The van der Waals surface area contributed by atoms with E-state index in [0.29, 0.717) is 18.2 Å². The molecule has 1 heterocycles. The van der Waals surface area contributed by atoms with Crippen molar-refractivity contribution in [1.82, 2.24) is 20.8 Å². The molecule has 1 aromatic rings. The standard InChI is InChI=1S/C16H31N5O.HI/c1-5-7-8-9-11-18-16(17-6-2)19-12-10-14-20-15(13(3)4)21-22-14;/h13H,5-12H2,1-4H3,(H2,17,18,19);1H. The third-order valence-electron chi connectivity index (χ3n) is 3.26. The van der Waals surface area contributed by atoms with Crippen molar-refractivity contribution in [2.45, 2.75) is 65.7 Å². The van der Waals surface area contributed by atoms with Gasteiger partial charge in [-0.1, -0.05) is 45.2 Å². The van der Waals surface area contributed by atoms with Crippen LogP contribution in [0.3, 0.4) is 0 Å². The van der Waals surface area contributed by atoms with E-state index in [-0.39, 0.29) is 24.0 Å². The summed E-state index contributed by atoms with van der Waals surface area (Å²) < 4.78 is 5.23. The van der Waals surface area contributed by atoms with E-state index in [0.717, 1.165) is 37.8 Å². The number of nitrogens with zero attached hydrogens (tertiary/aromatic N) is 3. The fourth-order valence-corrected chi connectivity index (χ4v) is 1.96. The number of guanidine groups is 1. The minimum Gasteiger partial charge on any atom is -0.357 e. The second-order valence-electron chi connectivity index (χ2n) is 5.70. The van der Waals surface area contributed by atoms with Crippen molar-refractivity contribution in [2.75, 3.05) is 19.6 Å². The Morgan fingerprint density at radius 1 is 1.17 bits per heavy atom. The lowest BCUT2D eigenvalue weighted by Gasteiger charge is -2.10. The van der Waals surface area contributed by atoms with Crippen LogP contribution in [0.4, 0.5) is 0 Å². The SMILES string of the molecule is CCCCCCN=C(NCC)NCCc1nc(C(C)C)no1.I. The molecule has 0 aliphatic carbocycles. The van der Waals surface area contributed by atoms with Crippen LogP contribution < -0.4 is 10.6 Å². The zero-order valence-electron chi connectivity index (χ0n) is 14.9. The maximum atomic E-state index is 5.23. The summed E-state index contributed by atoms with van der Waals surface area (Å²) in [7, 11) is 0. The fourth-order valence-electron chi connectivity index (χ4n) is 1.96. The lowest BCUT2D eigenvalue weighted by molar-refractivity contribution is 0.371. The Morgan fingerprint density at radius 3 is 2.57 bits per heavy atom. The largest absolute Gasteiger partial charge is 0.357 e. The summed E-state index contributed by atoms with van der Waals surface area (Å²) >= 11 is 0. The Hall–Kier alpha value is -0.860. The number of hydrogen-bond donors (Lipinski definition) is 2. The molecule has 0 spiro atoms. The quantitative estimate of drug-likeness (QED) is 0.254. The topological polar surface area (TPSA) is 75.3 Å². The Labute approximate surface area is 157 Å². The monoisotopic (exact) mass is 437 g/mol. The molecule has 0 saturated heterocycles. The van der Waals surface area contributed by atoms with Crippen LogP contribution in [0.2, 0.25) is 0 Å². The fraction of sp³-hybridized carbons (Fsp3) is 0.812. The number of rotatable bonds is 10. The van der Waals surface area contributed by atoms with Crippen molar-refractivity contribution >= 4 is 29.9 Å². The molecule has 1 aromatic heterocycles. The van der Waals surface area contributed by atoms with Crippen molar-refractivity contribution < 1.29 is 4.52 Å². The van der Waals surface area contributed by atoms with Gasteiger partial charge in [-0.3, -0.25) is 4.99 Å². The van der Waals surface area contributed by atoms with E-state index in [1.165, 1.54) is 19.3 Å². The molecule has 0 aliphatic heterocycles. The van der Waals surface area contributed by atoms with Gasteiger partial charge in [0.25, 0.3) is 0 Å². The molecular weight excluding hydrogens is 405 g/mol. The third-order valence-corrected chi connectivity index (χ3v) is 3.26. The number of nitrogens with one attached hydrogen (secondary N) is 2. The lowest BCUT2D eigenvalue weighted by Crippen LogP contribution is -2.38. The van der Waals surface area contributed by atoms with E-state index in [1.54, 1.807) is 0 Å². The zero-order valence-corrected chi connectivity index (χ0v) is 17.2. The molecule has 6 nitrogen and oxygen atoms in total. The van der Waals surface area contributed by atoms with E-state index in [4.69, 9.17) is 4.52 Å². The highest BCUT2D eigenvalue weighted by Gasteiger charge is 2.09. The predicted molar refractivity (Wildman–Crippen MR) is 106 cm³/mol. The van der Waals surface area contributed by atoms with Gasteiger partial charge in [0.15, 0.2) is 11.8 Å². The minimum atomic E-state index is 0. The average molecular weight is 437 g/mol. The van der Waals surface area contributed by atoms with Gasteiger partial charge in [-0.25, -0.2) is 0 Å². The molecule has 0 amide bonds. The molecule has 134 valence electrons. The van der Waals surface area contributed by atoms with Crippen LogP contribution in [0.1, 0.15) is 71.0 Å². The van der Waals surface area contributed by atoms with Crippen molar-refractivity contribution in [1.29, 1.82) is 0 Å². The van der Waals surface area contributed by atoms with Gasteiger partial charge in [-0.2, -0.15) is 4.98 Å². The highest BCUT2D eigenvalue weighted by atomic mass is 127. The molecule has 0 unspecified atom stereocenters. The Morgan fingerprint density at radius 2 is 1.96 bits per heavy atom. The summed E-state index contributed by atoms with van der Waals surface area (Å²) in [6, 6.07) is 0. The zero-order chi connectivity index (χ0) is 16.2. The third kappa shape index (κ3) is 9.78. The highest BCUT2D eigenvalue weighted by molar-refractivity contribution is 14.0. The summed E-state index contributed by atoms with van der Waals surface area (Å²) in [6.45, 7) is 10.9. The number of hydrogen-bond acceptors (Lipinski definition) is 4. The van der Waals surface area contributed by atoms with Gasteiger partial charge in [0.2, 0.25) is 5.89 Å². The molecule has 0 bridgehead atoms. The van der Waals surface area contributed by atoms with Gasteiger partial charge in [-0.05, 0) is 13.3 Å². The number of aromatic nitrogens is 2. The molecule has 0 saturated carbocycles. The van der Waals surface area contributed by atoms with Crippen molar-refractivity contribution in [3.05, 3.63) is 11.7 Å². The molecule has 7 heteroatoms. The first kappa shape index (κ1) is 22.1. The van der Waals surface area contributed by atoms with Crippen molar-refractivity contribution in [2.24, 2.45) is 4.99 Å². The summed E-state index contributed by atoms with van der Waals surface area (Å²) in [5, 5.41) is 10.5. The lowest BCUT2D eigenvalue weighted by atomic mass is 10.2. The van der Waals surface area contributed by atoms with E-state index in [2.05, 4.69) is 53.5 Å². The summed E-state index contributed by atoms with van der Waals surface area (Å²) in [6.07, 6.45) is 5.64. The predicted octanol–water partition coefficient (Wildman–Crippen LogP) is 3.49. The number of unbranched alkanes of at least 4 members (excludes halogenated alkanes) is 3. The average Bonchev–Trinajstić information content (AvgIpc) is 2.96. The smallest absolute Gasteiger partial charge is 0.228 e. The van der Waals surface area contributed by atoms with Crippen LogP contribution in [-0.4, -0.2) is 35.7 Å². The van der Waals surface area contributed by atoms with Gasteiger partial charge in [0, 0.05) is 32.0 Å². The van der Waals surface area contributed by atoms with Crippen LogP contribution in [0.5, 0.6) is 0 Å². The minimum absolute atomic E-state index is 0. The highest BCUT2D eigenvalue weighted by Crippen LogP contribution is 2.09. The molecule has 0 aromatic carbocycles. The summed E-state index contributed by atoms with van der Waals surface area (Å²) in [5.41, 5.74) is 0. The maximum Gasteiger partial charge on any atom is 0.228 e. The maximum absolute atomic E-state index is 5.23. The van der Waals surface area contributed by atoms with Gasteiger partial charge < -0.3 is 15.2 Å². The van der Waals surface area contributed by atoms with E-state index >= 15 is 0 Å². The molecule has 0 atom stereocenters. The molecular formula is C16H32IN5O. The second-order valence-corrected chi connectivity index (χ2v) is 5.70. The summed E-state index contributed by atoms with van der Waals surface area (Å²) in [5.74, 6) is 2.61. The van der Waals surface area contributed by atoms with Gasteiger partial charge in [-0.15, -0.1) is 24.0 Å². The van der Waals surface area contributed by atoms with Gasteiger partial charge in [0.1, 0.15) is 0 Å². The van der Waals surface area contributed by atoms with Crippen molar-refractivity contribution in [3.8, 4) is 0 Å². The van der Waals surface area contributed by atoms with Gasteiger partial charge in [0.05, 0.1) is 0 Å². The van der Waals surface area contributed by atoms with Crippen LogP contribution in [0.25, 0.3) is 0 Å². The van der Waals surface area contributed by atoms with Crippen LogP contribution in [0, 0.1) is 0 Å². The first-order valence-electron chi connectivity index (χ1n) is 8.52. The molecule has 1 rings (SSSR count). The van der Waals surface area contributed by atoms with E-state index < -0.39 is 0 Å². The Bertz CT molecular complexity index is 434. The Kier molecular flexibility index (Phi) is 13.1.